The van der Waals surface area contributed by atoms with Gasteiger partial charge in [-0.1, -0.05) is 96.8 Å². The van der Waals surface area contributed by atoms with E-state index in [0.717, 1.165) is 11.7 Å². The Morgan fingerprint density at radius 2 is 1.59 bits per heavy atom. The fourth-order valence-electron chi connectivity index (χ4n) is 5.12. The van der Waals surface area contributed by atoms with E-state index >= 15 is 0 Å². The van der Waals surface area contributed by atoms with Crippen LogP contribution in [0.5, 0.6) is 0 Å². The van der Waals surface area contributed by atoms with E-state index in [4.69, 9.17) is 4.99 Å². The number of amidine groups is 1. The second-order valence-corrected chi connectivity index (χ2v) is 9.78. The second-order valence-electron chi connectivity index (χ2n) is 9.78. The lowest BCUT2D eigenvalue weighted by Crippen LogP contribution is -2.32. The number of rotatable bonds is 13. The fourth-order valence-corrected chi connectivity index (χ4v) is 5.12. The molecule has 0 fully saturated rings. The molecule has 0 saturated carbocycles. The van der Waals surface area contributed by atoms with Crippen LogP contribution >= 0.6 is 0 Å². The predicted molar refractivity (Wildman–Crippen MR) is 140 cm³/mol. The third kappa shape index (κ3) is 6.05. The van der Waals surface area contributed by atoms with Gasteiger partial charge in [0.05, 0.1) is 0 Å². The molecule has 0 spiro atoms. The normalized spacial score (nSPS) is 17.4. The molecule has 0 saturated heterocycles. The number of aryl methyl sites for hydroxylation is 1. The highest BCUT2D eigenvalue weighted by molar-refractivity contribution is 6.13. The van der Waals surface area contributed by atoms with Crippen LogP contribution in [0.15, 0.2) is 41.3 Å². The van der Waals surface area contributed by atoms with Crippen molar-refractivity contribution in [1.82, 2.24) is 4.90 Å². The molecule has 3 nitrogen and oxygen atoms in total. The van der Waals surface area contributed by atoms with Gasteiger partial charge < -0.3 is 10.2 Å². The predicted octanol–water partition coefficient (Wildman–Crippen LogP) is 8.47. The Morgan fingerprint density at radius 1 is 0.938 bits per heavy atom. The SMILES string of the molecule is C=C1N=C2Nc3c(ccc(CCCCCCCCC)c3C)C(CCCCCC)C2=CN1C. The quantitative estimate of drug-likeness (QED) is 0.315. The average Bonchev–Trinajstić information content (AvgIpc) is 2.78. The average molecular weight is 436 g/mol. The van der Waals surface area contributed by atoms with Crippen molar-refractivity contribution in [2.75, 3.05) is 12.4 Å². The molecular weight excluding hydrogens is 390 g/mol. The van der Waals surface area contributed by atoms with E-state index in [-0.39, 0.29) is 0 Å². The van der Waals surface area contributed by atoms with Crippen molar-refractivity contribution in [1.29, 1.82) is 0 Å². The number of benzene rings is 1. The first-order valence-electron chi connectivity index (χ1n) is 13.2. The molecule has 2 aliphatic rings. The summed E-state index contributed by atoms with van der Waals surface area (Å²) in [7, 11) is 2.05. The zero-order valence-corrected chi connectivity index (χ0v) is 21.1. The van der Waals surface area contributed by atoms with E-state index in [0.29, 0.717) is 5.92 Å². The molecule has 176 valence electrons. The molecule has 1 N–H and O–H groups in total. The van der Waals surface area contributed by atoms with Gasteiger partial charge in [-0.3, -0.25) is 0 Å². The first-order valence-corrected chi connectivity index (χ1v) is 13.2. The number of nitrogens with zero attached hydrogens (tertiary/aromatic N) is 2. The number of aliphatic imine (C=N–C) groups is 1. The summed E-state index contributed by atoms with van der Waals surface area (Å²) < 4.78 is 0. The van der Waals surface area contributed by atoms with Crippen molar-refractivity contribution >= 4 is 11.5 Å². The number of fused-ring (bicyclic) bond motifs is 2. The highest BCUT2D eigenvalue weighted by Gasteiger charge is 2.32. The Balaban J connectivity index is 1.75. The zero-order valence-electron chi connectivity index (χ0n) is 21.1. The van der Waals surface area contributed by atoms with Gasteiger partial charge in [0, 0.05) is 30.4 Å². The monoisotopic (exact) mass is 435 g/mol. The molecular formula is C29H45N3. The standard InChI is InChI=1S/C29H45N3/c1-6-8-10-12-13-14-15-17-24-19-20-26-25(18-16-11-9-7-2)27-21-32(5)23(4)30-29(27)31-28(26)22(24)3/h19-21,25H,4,6-18H2,1-3,5H3,(H,30,31). The van der Waals surface area contributed by atoms with Crippen molar-refractivity contribution in [2.24, 2.45) is 4.99 Å². The molecule has 0 radical (unpaired) electrons. The van der Waals surface area contributed by atoms with Gasteiger partial charge in [-0.05, 0) is 42.9 Å². The Hall–Kier alpha value is -2.03. The highest BCUT2D eigenvalue weighted by Crippen LogP contribution is 2.43. The number of unbranched alkanes of at least 4 members (excludes halogenated alkanes) is 9. The van der Waals surface area contributed by atoms with Crippen LogP contribution < -0.4 is 5.32 Å². The van der Waals surface area contributed by atoms with Crippen LogP contribution in [0, 0.1) is 6.92 Å². The molecule has 0 bridgehead atoms. The zero-order chi connectivity index (χ0) is 22.9. The summed E-state index contributed by atoms with van der Waals surface area (Å²) in [6, 6.07) is 4.80. The minimum Gasteiger partial charge on any atom is -0.339 e. The van der Waals surface area contributed by atoms with Crippen LogP contribution in [0.1, 0.15) is 114 Å². The van der Waals surface area contributed by atoms with Crippen LogP contribution in [-0.4, -0.2) is 17.8 Å². The number of anilines is 1. The van der Waals surface area contributed by atoms with Gasteiger partial charge in [0.15, 0.2) is 0 Å². The Kier molecular flexibility index (Phi) is 9.44. The molecule has 2 aliphatic heterocycles. The van der Waals surface area contributed by atoms with Gasteiger partial charge in [0.25, 0.3) is 0 Å². The highest BCUT2D eigenvalue weighted by atomic mass is 15.2. The fraction of sp³-hybridized carbons (Fsp3) is 0.621. The van der Waals surface area contributed by atoms with Crippen molar-refractivity contribution in [3.05, 3.63) is 53.0 Å². The van der Waals surface area contributed by atoms with Gasteiger partial charge in [-0.15, -0.1) is 0 Å². The van der Waals surface area contributed by atoms with Gasteiger partial charge in [-0.25, -0.2) is 4.99 Å². The largest absolute Gasteiger partial charge is 0.339 e. The molecule has 0 amide bonds. The Bertz CT molecular complexity index is 833. The molecule has 1 aromatic rings. The topological polar surface area (TPSA) is 27.6 Å². The summed E-state index contributed by atoms with van der Waals surface area (Å²) in [5.74, 6) is 2.24. The molecule has 0 aromatic heterocycles. The van der Waals surface area contributed by atoms with Gasteiger partial charge in [0.1, 0.15) is 11.7 Å². The molecule has 2 heterocycles. The van der Waals surface area contributed by atoms with E-state index in [1.165, 1.54) is 111 Å². The van der Waals surface area contributed by atoms with Crippen molar-refractivity contribution in [3.63, 3.8) is 0 Å². The minimum absolute atomic E-state index is 0.420. The summed E-state index contributed by atoms with van der Waals surface area (Å²) in [5.41, 5.74) is 6.99. The van der Waals surface area contributed by atoms with Crippen LogP contribution in [0.4, 0.5) is 5.69 Å². The van der Waals surface area contributed by atoms with Crippen LogP contribution in [0.3, 0.4) is 0 Å². The van der Waals surface area contributed by atoms with Gasteiger partial charge >= 0.3 is 0 Å². The molecule has 3 rings (SSSR count). The summed E-state index contributed by atoms with van der Waals surface area (Å²) in [6.07, 6.45) is 19.3. The summed E-state index contributed by atoms with van der Waals surface area (Å²) in [5, 5.41) is 3.71. The molecule has 1 atom stereocenters. The van der Waals surface area contributed by atoms with Gasteiger partial charge in [0.2, 0.25) is 0 Å². The number of nitrogens with one attached hydrogen (secondary N) is 1. The van der Waals surface area contributed by atoms with Crippen LogP contribution in [0.25, 0.3) is 0 Å². The van der Waals surface area contributed by atoms with E-state index in [1.54, 1.807) is 0 Å². The lowest BCUT2D eigenvalue weighted by Gasteiger charge is -2.36. The molecule has 1 aromatic carbocycles. The smallest absolute Gasteiger partial charge is 0.138 e. The molecule has 3 heteroatoms. The summed E-state index contributed by atoms with van der Waals surface area (Å²) >= 11 is 0. The van der Waals surface area contributed by atoms with Crippen molar-refractivity contribution < 1.29 is 0 Å². The Labute approximate surface area is 197 Å². The number of hydrogen-bond donors (Lipinski definition) is 1. The van der Waals surface area contributed by atoms with E-state index in [2.05, 4.69) is 62.9 Å². The maximum absolute atomic E-state index is 4.83. The van der Waals surface area contributed by atoms with Crippen LogP contribution in [0.2, 0.25) is 0 Å². The third-order valence-corrected chi connectivity index (χ3v) is 7.25. The third-order valence-electron chi connectivity index (χ3n) is 7.25. The molecule has 0 aliphatic carbocycles. The first-order chi connectivity index (χ1) is 15.6. The molecule has 32 heavy (non-hydrogen) atoms. The van der Waals surface area contributed by atoms with Crippen molar-refractivity contribution in [3.8, 4) is 0 Å². The lowest BCUT2D eigenvalue weighted by molar-refractivity contribution is 0.535. The van der Waals surface area contributed by atoms with Gasteiger partial charge in [-0.2, -0.15) is 0 Å². The lowest BCUT2D eigenvalue weighted by atomic mass is 9.80. The summed E-state index contributed by atoms with van der Waals surface area (Å²) in [6.45, 7) is 11.0. The Morgan fingerprint density at radius 3 is 2.31 bits per heavy atom. The maximum atomic E-state index is 4.83. The van der Waals surface area contributed by atoms with E-state index in [9.17, 15) is 0 Å². The van der Waals surface area contributed by atoms with Crippen molar-refractivity contribution in [2.45, 2.75) is 110 Å². The maximum Gasteiger partial charge on any atom is 0.138 e. The second kappa shape index (κ2) is 12.3. The minimum atomic E-state index is 0.420. The first kappa shape index (κ1) is 24.6. The van der Waals surface area contributed by atoms with E-state index < -0.39 is 0 Å². The van der Waals surface area contributed by atoms with Crippen LogP contribution in [-0.2, 0) is 6.42 Å². The number of hydrogen-bond acceptors (Lipinski definition) is 3. The molecule has 1 unspecified atom stereocenters. The van der Waals surface area contributed by atoms with E-state index in [1.807, 2.05) is 0 Å². The summed E-state index contributed by atoms with van der Waals surface area (Å²) in [4.78, 5) is 6.89.